The van der Waals surface area contributed by atoms with Crippen molar-refractivity contribution in [2.45, 2.75) is 81.0 Å². The first-order valence-electron chi connectivity index (χ1n) is 9.33. The lowest BCUT2D eigenvalue weighted by atomic mass is 9.69. The minimum absolute atomic E-state index is 0.0635. The molecule has 28 heavy (non-hydrogen) atoms. The van der Waals surface area contributed by atoms with Crippen LogP contribution in [-0.2, 0) is 9.53 Å². The number of hydrogen-bond acceptors (Lipinski definition) is 4. The van der Waals surface area contributed by atoms with Crippen LogP contribution in [0.2, 0.25) is 0 Å². The maximum atomic E-state index is 13.0. The highest BCUT2D eigenvalue weighted by Gasteiger charge is 2.72. The Morgan fingerprint density at radius 3 is 2.11 bits per heavy atom. The van der Waals surface area contributed by atoms with Gasteiger partial charge in [0, 0.05) is 13.5 Å². The largest absolute Gasteiger partial charge is 0.426 e. The fourth-order valence-electron chi connectivity index (χ4n) is 5.27. The molecule has 4 nitrogen and oxygen atoms in total. The van der Waals surface area contributed by atoms with E-state index in [2.05, 4.69) is 0 Å². The summed E-state index contributed by atoms with van der Waals surface area (Å²) in [5.74, 6) is -1.70. The Morgan fingerprint density at radius 2 is 1.75 bits per heavy atom. The highest BCUT2D eigenvalue weighted by Crippen LogP contribution is 2.61. The molecule has 2 saturated carbocycles. The third-order valence-electron chi connectivity index (χ3n) is 6.67. The second-order valence-corrected chi connectivity index (χ2v) is 8.50. The molecular weight excluding hydrogens is 392 g/mol. The van der Waals surface area contributed by atoms with E-state index in [9.17, 15) is 36.2 Å². The molecule has 2 fully saturated rings. The molecule has 0 aromatic rings. The molecule has 10 heteroatoms. The smallest absolute Gasteiger partial charge is 0.378 e. The van der Waals surface area contributed by atoms with Crippen LogP contribution >= 0.6 is 0 Å². The first-order chi connectivity index (χ1) is 12.7. The Hall–Kier alpha value is -0.870. The van der Waals surface area contributed by atoms with Gasteiger partial charge in [-0.2, -0.15) is 26.3 Å². The molecule has 0 amide bonds. The van der Waals surface area contributed by atoms with E-state index in [-0.39, 0.29) is 25.2 Å². The molecule has 0 aromatic carbocycles. The molecule has 2 aliphatic rings. The van der Waals surface area contributed by atoms with Crippen LogP contribution in [0.4, 0.5) is 26.3 Å². The fourth-order valence-corrected chi connectivity index (χ4v) is 5.27. The van der Waals surface area contributed by atoms with E-state index in [1.165, 1.54) is 7.11 Å². The number of ether oxygens (including phenoxy) is 1. The summed E-state index contributed by atoms with van der Waals surface area (Å²) in [6, 6.07) is 0. The minimum atomic E-state index is -5.81. The van der Waals surface area contributed by atoms with E-state index in [1.54, 1.807) is 0 Å². The van der Waals surface area contributed by atoms with Crippen LogP contribution in [0.1, 0.15) is 51.9 Å². The number of nitrogens with two attached hydrogens (primary N) is 1. The van der Waals surface area contributed by atoms with Crippen LogP contribution in [0.3, 0.4) is 0 Å². The lowest BCUT2D eigenvalue weighted by molar-refractivity contribution is -0.373. The van der Waals surface area contributed by atoms with E-state index >= 15 is 0 Å². The Balaban J connectivity index is 2.19. The number of rotatable bonds is 8. The summed E-state index contributed by atoms with van der Waals surface area (Å²) >= 11 is 0. The molecule has 0 spiro atoms. The second kappa shape index (κ2) is 7.43. The van der Waals surface area contributed by atoms with E-state index in [4.69, 9.17) is 10.5 Å². The number of carbonyl (C=O) groups excluding carboxylic acids is 1. The van der Waals surface area contributed by atoms with Crippen LogP contribution in [0.5, 0.6) is 0 Å². The van der Waals surface area contributed by atoms with Gasteiger partial charge < -0.3 is 20.4 Å². The van der Waals surface area contributed by atoms with Gasteiger partial charge >= 0.3 is 12.4 Å². The van der Waals surface area contributed by atoms with Gasteiger partial charge in [-0.3, -0.25) is 0 Å². The summed E-state index contributed by atoms with van der Waals surface area (Å²) < 4.78 is 83.7. The summed E-state index contributed by atoms with van der Waals surface area (Å²) in [7, 11) is 1.43. The van der Waals surface area contributed by atoms with Crippen molar-refractivity contribution in [2.75, 3.05) is 7.11 Å². The predicted octanol–water partition coefficient (Wildman–Crippen LogP) is 3.75. The zero-order valence-corrected chi connectivity index (χ0v) is 15.9. The maximum absolute atomic E-state index is 13.0. The average Bonchev–Trinajstić information content (AvgIpc) is 3.10. The van der Waals surface area contributed by atoms with Gasteiger partial charge in [0.05, 0.1) is 11.1 Å². The fraction of sp³-hybridized carbons (Fsp3) is 0.944. The van der Waals surface area contributed by atoms with Crippen molar-refractivity contribution in [1.29, 1.82) is 0 Å². The number of alkyl halides is 6. The Labute approximate surface area is 159 Å². The van der Waals surface area contributed by atoms with Crippen molar-refractivity contribution < 1.29 is 41.0 Å². The third kappa shape index (κ3) is 3.92. The topological polar surface area (TPSA) is 72.6 Å². The molecule has 0 saturated heterocycles. The Kier molecular flexibility index (Phi) is 6.21. The second-order valence-electron chi connectivity index (χ2n) is 8.50. The van der Waals surface area contributed by atoms with Crippen molar-refractivity contribution >= 4 is 6.29 Å². The monoisotopic (exact) mass is 419 g/mol. The molecule has 0 aromatic heterocycles. The molecule has 5 atom stereocenters. The zero-order valence-electron chi connectivity index (χ0n) is 15.9. The first-order valence-corrected chi connectivity index (χ1v) is 9.33. The molecule has 3 N–H and O–H groups in total. The molecule has 5 unspecified atom stereocenters. The molecule has 2 rings (SSSR count). The van der Waals surface area contributed by atoms with Crippen LogP contribution in [-0.4, -0.2) is 47.6 Å². The van der Waals surface area contributed by atoms with E-state index in [0.717, 1.165) is 0 Å². The SMILES string of the molecule is CCCC(N)(C=O)CC1(OC)CC2CC1CC2CC(O)(C(F)(F)F)C(F)(F)F. The predicted molar refractivity (Wildman–Crippen MR) is 88.2 cm³/mol. The van der Waals surface area contributed by atoms with Gasteiger partial charge in [0.2, 0.25) is 0 Å². The number of carbonyl (C=O) groups is 1. The normalized spacial score (nSPS) is 33.1. The van der Waals surface area contributed by atoms with Gasteiger partial charge in [-0.25, -0.2) is 0 Å². The lowest BCUT2D eigenvalue weighted by Crippen LogP contribution is -2.58. The molecule has 2 aliphatic carbocycles. The van der Waals surface area contributed by atoms with Crippen molar-refractivity contribution in [1.82, 2.24) is 0 Å². The molecule has 0 heterocycles. The molecule has 2 bridgehead atoms. The Morgan fingerprint density at radius 1 is 1.18 bits per heavy atom. The summed E-state index contributed by atoms with van der Waals surface area (Å²) in [6.07, 6.45) is -10.5. The standard InChI is InChI=1S/C18H27F6NO3/c1-3-4-14(25,10-26)9-15(28-2)7-11-5-13(15)6-12(11)8-16(27,17(19,20)21)18(22,23)24/h10-13,27H,3-9,25H2,1-2H3. The lowest BCUT2D eigenvalue weighted by Gasteiger charge is -2.44. The van der Waals surface area contributed by atoms with Crippen LogP contribution in [0, 0.1) is 17.8 Å². The van der Waals surface area contributed by atoms with Crippen molar-refractivity contribution in [3.05, 3.63) is 0 Å². The number of fused-ring (bicyclic) bond motifs is 2. The van der Waals surface area contributed by atoms with Gasteiger partial charge in [-0.15, -0.1) is 0 Å². The van der Waals surface area contributed by atoms with Crippen molar-refractivity contribution in [3.8, 4) is 0 Å². The summed E-state index contributed by atoms with van der Waals surface area (Å²) in [6.45, 7) is 1.86. The first kappa shape index (κ1) is 23.4. The number of halogens is 6. The quantitative estimate of drug-likeness (QED) is 0.464. The van der Waals surface area contributed by atoms with Crippen LogP contribution in [0.15, 0.2) is 0 Å². The summed E-state index contributed by atoms with van der Waals surface area (Å²) in [5.41, 5.74) is -0.580. The van der Waals surface area contributed by atoms with E-state index < -0.39 is 47.4 Å². The van der Waals surface area contributed by atoms with Crippen LogP contribution in [0.25, 0.3) is 0 Å². The number of hydrogen-bond donors (Lipinski definition) is 2. The number of aliphatic hydroxyl groups is 1. The Bertz CT molecular complexity index is 567. The summed E-state index contributed by atoms with van der Waals surface area (Å²) in [4.78, 5) is 11.5. The average molecular weight is 419 g/mol. The minimum Gasteiger partial charge on any atom is -0.378 e. The molecule has 164 valence electrons. The van der Waals surface area contributed by atoms with Crippen LogP contribution < -0.4 is 5.73 Å². The van der Waals surface area contributed by atoms with Gasteiger partial charge in [0.15, 0.2) is 0 Å². The summed E-state index contributed by atoms with van der Waals surface area (Å²) in [5, 5.41) is 9.51. The van der Waals surface area contributed by atoms with E-state index in [1.807, 2.05) is 6.92 Å². The van der Waals surface area contributed by atoms with Crippen molar-refractivity contribution in [3.63, 3.8) is 0 Å². The van der Waals surface area contributed by atoms with Crippen molar-refractivity contribution in [2.24, 2.45) is 23.5 Å². The maximum Gasteiger partial charge on any atom is 0.426 e. The third-order valence-corrected chi connectivity index (χ3v) is 6.67. The van der Waals surface area contributed by atoms with E-state index in [0.29, 0.717) is 25.5 Å². The number of methoxy groups -OCH3 is 1. The highest BCUT2D eigenvalue weighted by atomic mass is 19.4. The zero-order chi connectivity index (χ0) is 21.6. The number of aldehydes is 1. The van der Waals surface area contributed by atoms with Gasteiger partial charge in [-0.1, -0.05) is 13.3 Å². The van der Waals surface area contributed by atoms with Gasteiger partial charge in [-0.05, 0) is 49.9 Å². The molecule has 0 aliphatic heterocycles. The highest BCUT2D eigenvalue weighted by molar-refractivity contribution is 5.64. The van der Waals surface area contributed by atoms with Gasteiger partial charge in [0.1, 0.15) is 6.29 Å². The molecule has 0 radical (unpaired) electrons. The molecular formula is C18H27F6NO3. The van der Waals surface area contributed by atoms with Gasteiger partial charge in [0.25, 0.3) is 5.60 Å².